The van der Waals surface area contributed by atoms with Gasteiger partial charge in [0.1, 0.15) is 11.4 Å². The zero-order valence-electron chi connectivity index (χ0n) is 13.6. The van der Waals surface area contributed by atoms with E-state index >= 15 is 0 Å². The molecule has 3 rings (SSSR count). The van der Waals surface area contributed by atoms with Gasteiger partial charge in [-0.05, 0) is 60.1 Å². The van der Waals surface area contributed by atoms with Crippen LogP contribution in [0.2, 0.25) is 0 Å². The minimum atomic E-state index is -0.162. The van der Waals surface area contributed by atoms with Gasteiger partial charge >= 0.3 is 0 Å². The number of nitrogens with one attached hydrogen (secondary N) is 1. The van der Waals surface area contributed by atoms with Crippen molar-refractivity contribution in [1.29, 1.82) is 0 Å². The van der Waals surface area contributed by atoms with E-state index in [-0.39, 0.29) is 5.91 Å². The van der Waals surface area contributed by atoms with Gasteiger partial charge in [0.05, 0.1) is 12.8 Å². The largest absolute Gasteiger partial charge is 0.497 e. The van der Waals surface area contributed by atoms with Crippen molar-refractivity contribution < 1.29 is 9.53 Å². The van der Waals surface area contributed by atoms with Crippen molar-refractivity contribution in [1.82, 2.24) is 5.32 Å². The fraction of sp³-hybridized carbons (Fsp3) is 0.158. The number of rotatable bonds is 4. The number of hydrogen-bond acceptors (Lipinski definition) is 3. The number of anilines is 1. The summed E-state index contributed by atoms with van der Waals surface area (Å²) in [5, 5.41) is 3.37. The molecule has 1 N–H and O–H groups in total. The predicted molar refractivity (Wildman–Crippen MR) is 100 cm³/mol. The fourth-order valence-electron chi connectivity index (χ4n) is 2.52. The van der Waals surface area contributed by atoms with Crippen LogP contribution in [0.3, 0.4) is 0 Å². The van der Waals surface area contributed by atoms with Gasteiger partial charge in [-0.3, -0.25) is 9.69 Å². The Bertz CT molecular complexity index is 795. The van der Waals surface area contributed by atoms with Crippen molar-refractivity contribution >= 4 is 35.0 Å². The average molecular weight is 338 g/mol. The molecule has 1 aliphatic rings. The molecule has 0 atom stereocenters. The van der Waals surface area contributed by atoms with Gasteiger partial charge in [-0.1, -0.05) is 31.2 Å². The van der Waals surface area contributed by atoms with Crippen molar-refractivity contribution in [3.8, 4) is 5.75 Å². The summed E-state index contributed by atoms with van der Waals surface area (Å²) in [4.78, 5) is 14.2. The molecule has 1 saturated heterocycles. The number of thiocarbonyl (C=S) groups is 1. The van der Waals surface area contributed by atoms with Crippen molar-refractivity contribution in [2.75, 3.05) is 12.0 Å². The van der Waals surface area contributed by atoms with Crippen LogP contribution in [-0.2, 0) is 11.2 Å². The molecule has 0 radical (unpaired) electrons. The topological polar surface area (TPSA) is 41.6 Å². The summed E-state index contributed by atoms with van der Waals surface area (Å²) in [6.45, 7) is 2.11. The van der Waals surface area contributed by atoms with Crippen molar-refractivity contribution in [2.45, 2.75) is 13.3 Å². The minimum absolute atomic E-state index is 0.162. The van der Waals surface area contributed by atoms with Gasteiger partial charge in [0.25, 0.3) is 5.91 Å². The maximum absolute atomic E-state index is 12.7. The summed E-state index contributed by atoms with van der Waals surface area (Å²) in [6, 6.07) is 15.3. The van der Waals surface area contributed by atoms with Gasteiger partial charge < -0.3 is 10.1 Å². The molecule has 0 unspecified atom stereocenters. The van der Waals surface area contributed by atoms with Crippen LogP contribution >= 0.6 is 12.2 Å². The molecule has 0 saturated carbocycles. The number of benzene rings is 2. The van der Waals surface area contributed by atoms with Crippen LogP contribution in [0, 0.1) is 0 Å². The van der Waals surface area contributed by atoms with Gasteiger partial charge in [-0.15, -0.1) is 0 Å². The lowest BCUT2D eigenvalue weighted by molar-refractivity contribution is -0.113. The van der Waals surface area contributed by atoms with Crippen molar-refractivity contribution in [3.05, 3.63) is 65.4 Å². The van der Waals surface area contributed by atoms with E-state index in [4.69, 9.17) is 17.0 Å². The van der Waals surface area contributed by atoms with E-state index in [2.05, 4.69) is 24.4 Å². The van der Waals surface area contributed by atoms with Gasteiger partial charge in [0.2, 0.25) is 0 Å². The highest BCUT2D eigenvalue weighted by atomic mass is 32.1. The molecule has 24 heavy (non-hydrogen) atoms. The van der Waals surface area contributed by atoms with Crippen LogP contribution in [0.4, 0.5) is 5.69 Å². The first-order valence-electron chi connectivity index (χ1n) is 7.72. The second-order valence-electron chi connectivity index (χ2n) is 5.42. The summed E-state index contributed by atoms with van der Waals surface area (Å²) in [5.41, 5.74) is 3.41. The van der Waals surface area contributed by atoms with Gasteiger partial charge in [0, 0.05) is 0 Å². The average Bonchev–Trinajstić information content (AvgIpc) is 2.89. The minimum Gasteiger partial charge on any atom is -0.497 e. The first-order chi connectivity index (χ1) is 11.6. The van der Waals surface area contributed by atoms with E-state index in [1.54, 1.807) is 19.2 Å². The zero-order valence-corrected chi connectivity index (χ0v) is 14.4. The van der Waals surface area contributed by atoms with E-state index in [9.17, 15) is 4.79 Å². The van der Waals surface area contributed by atoms with Crippen molar-refractivity contribution in [2.24, 2.45) is 0 Å². The lowest BCUT2D eigenvalue weighted by atomic mass is 10.1. The molecule has 1 fully saturated rings. The molecule has 1 aliphatic heterocycles. The molecule has 5 heteroatoms. The maximum Gasteiger partial charge on any atom is 0.281 e. The van der Waals surface area contributed by atoms with E-state index in [1.165, 1.54) is 10.5 Å². The van der Waals surface area contributed by atoms with E-state index in [0.29, 0.717) is 16.5 Å². The molecule has 0 aromatic heterocycles. The van der Waals surface area contributed by atoms with Crippen LogP contribution in [0.15, 0.2) is 54.2 Å². The lowest BCUT2D eigenvalue weighted by Gasteiger charge is -2.14. The normalized spacial score (nSPS) is 15.8. The highest BCUT2D eigenvalue weighted by Crippen LogP contribution is 2.24. The summed E-state index contributed by atoms with van der Waals surface area (Å²) in [7, 11) is 1.60. The molecule has 1 amide bonds. The van der Waals surface area contributed by atoms with Crippen LogP contribution in [0.25, 0.3) is 6.08 Å². The number of carbonyl (C=O) groups is 1. The summed E-state index contributed by atoms with van der Waals surface area (Å²) in [6.07, 6.45) is 2.81. The van der Waals surface area contributed by atoms with Gasteiger partial charge in [0.15, 0.2) is 5.11 Å². The van der Waals surface area contributed by atoms with Gasteiger partial charge in [-0.2, -0.15) is 0 Å². The summed E-state index contributed by atoms with van der Waals surface area (Å²) < 4.78 is 5.14. The monoisotopic (exact) mass is 338 g/mol. The third-order valence-corrected chi connectivity index (χ3v) is 4.19. The molecule has 2 aromatic rings. The molecular formula is C19H18N2O2S. The first kappa shape index (κ1) is 16.2. The number of methoxy groups -OCH3 is 1. The van der Waals surface area contributed by atoms with Crippen LogP contribution < -0.4 is 15.0 Å². The number of ether oxygens (including phenoxy) is 1. The van der Waals surface area contributed by atoms with E-state index in [0.717, 1.165) is 17.7 Å². The smallest absolute Gasteiger partial charge is 0.281 e. The van der Waals surface area contributed by atoms with Crippen molar-refractivity contribution in [3.63, 3.8) is 0 Å². The third-order valence-electron chi connectivity index (χ3n) is 3.91. The zero-order chi connectivity index (χ0) is 17.1. The Hall–Kier alpha value is -2.66. The second-order valence-corrected chi connectivity index (χ2v) is 5.81. The highest BCUT2D eigenvalue weighted by Gasteiger charge is 2.31. The standard InChI is InChI=1S/C19H18N2O2S/c1-3-13-4-6-14(7-5-13)12-17-18(22)21(19(24)20-17)15-8-10-16(23-2)11-9-15/h4-12H,3H2,1-2H3,(H,20,24)/b17-12-. The summed E-state index contributed by atoms with van der Waals surface area (Å²) >= 11 is 5.32. The highest BCUT2D eigenvalue weighted by molar-refractivity contribution is 7.80. The van der Waals surface area contributed by atoms with Crippen LogP contribution in [0.5, 0.6) is 5.75 Å². The Labute approximate surface area is 146 Å². The second kappa shape index (κ2) is 6.84. The molecule has 4 nitrogen and oxygen atoms in total. The van der Waals surface area contributed by atoms with E-state index < -0.39 is 0 Å². The first-order valence-corrected chi connectivity index (χ1v) is 8.13. The lowest BCUT2D eigenvalue weighted by Crippen LogP contribution is -2.30. The molecule has 0 spiro atoms. The number of nitrogens with zero attached hydrogens (tertiary/aromatic N) is 1. The molecule has 0 bridgehead atoms. The fourth-order valence-corrected chi connectivity index (χ4v) is 2.82. The maximum atomic E-state index is 12.7. The SMILES string of the molecule is CCc1ccc(/C=C2\NC(=S)N(c3ccc(OC)cc3)C2=O)cc1. The summed E-state index contributed by atoms with van der Waals surface area (Å²) in [5.74, 6) is 0.570. The quantitative estimate of drug-likeness (QED) is 0.684. The molecule has 122 valence electrons. The number of carbonyl (C=O) groups excluding carboxylic acids is 1. The third kappa shape index (κ3) is 3.16. The van der Waals surface area contributed by atoms with Crippen LogP contribution in [0.1, 0.15) is 18.1 Å². The number of aryl methyl sites for hydroxylation is 1. The Morgan fingerprint density at radius 1 is 1.12 bits per heavy atom. The molecule has 0 aliphatic carbocycles. The predicted octanol–water partition coefficient (Wildman–Crippen LogP) is 3.52. The Balaban J connectivity index is 1.85. The Morgan fingerprint density at radius 2 is 1.79 bits per heavy atom. The molecule has 1 heterocycles. The number of amides is 1. The molecular weight excluding hydrogens is 320 g/mol. The Kier molecular flexibility index (Phi) is 4.62. The number of hydrogen-bond donors (Lipinski definition) is 1. The van der Waals surface area contributed by atoms with Gasteiger partial charge in [-0.25, -0.2) is 0 Å². The Morgan fingerprint density at radius 3 is 2.38 bits per heavy atom. The van der Waals surface area contributed by atoms with Crippen LogP contribution in [-0.4, -0.2) is 18.1 Å². The van der Waals surface area contributed by atoms with E-state index in [1.807, 2.05) is 30.3 Å². The molecule has 2 aromatic carbocycles.